The van der Waals surface area contributed by atoms with Crippen LogP contribution in [0.15, 0.2) is 0 Å². The number of carbonyl (C=O) groups excluding carboxylic acids is 2. The minimum Gasteiger partial charge on any atom is -0.462 e. The van der Waals surface area contributed by atoms with Crippen molar-refractivity contribution in [1.82, 2.24) is 0 Å². The highest BCUT2D eigenvalue weighted by atomic mass is 16.7. The van der Waals surface area contributed by atoms with Crippen LogP contribution in [0.3, 0.4) is 0 Å². The van der Waals surface area contributed by atoms with E-state index < -0.39 is 18.4 Å². The Hall–Kier alpha value is -0.940. The number of carbonyl (C=O) groups is 2. The van der Waals surface area contributed by atoms with Crippen molar-refractivity contribution in [2.24, 2.45) is 0 Å². The second-order valence-corrected chi connectivity index (χ2v) is 2.65. The van der Waals surface area contributed by atoms with E-state index in [4.69, 9.17) is 9.47 Å². The van der Waals surface area contributed by atoms with Gasteiger partial charge in [0.15, 0.2) is 5.78 Å². The monoisotopic (exact) mass is 188 g/mol. The van der Waals surface area contributed by atoms with Crippen molar-refractivity contribution in [2.45, 2.75) is 26.2 Å². The van der Waals surface area contributed by atoms with Crippen LogP contribution in [-0.4, -0.2) is 37.4 Å². The van der Waals surface area contributed by atoms with Crippen LogP contribution in [0.5, 0.6) is 0 Å². The molecular formula is C8H12O5. The normalized spacial score (nSPS) is 27.2. The van der Waals surface area contributed by atoms with Crippen LogP contribution in [0, 0.1) is 0 Å². The highest BCUT2D eigenvalue weighted by molar-refractivity contribution is 5.82. The van der Waals surface area contributed by atoms with Crippen molar-refractivity contribution in [2.75, 3.05) is 13.2 Å². The topological polar surface area (TPSA) is 61.8 Å². The molecule has 0 bridgehead atoms. The van der Waals surface area contributed by atoms with E-state index in [1.807, 2.05) is 0 Å². The molecule has 1 aliphatic heterocycles. The van der Waals surface area contributed by atoms with Crippen LogP contribution in [0.1, 0.15) is 13.8 Å². The summed E-state index contributed by atoms with van der Waals surface area (Å²) in [4.78, 5) is 21.8. The van der Waals surface area contributed by atoms with Gasteiger partial charge in [0.25, 0.3) is 6.29 Å². The van der Waals surface area contributed by atoms with Crippen molar-refractivity contribution in [1.29, 1.82) is 0 Å². The quantitative estimate of drug-likeness (QED) is 0.578. The maximum absolute atomic E-state index is 11.0. The second-order valence-electron chi connectivity index (χ2n) is 2.65. The molecular weight excluding hydrogens is 176 g/mol. The largest absolute Gasteiger partial charge is 0.462 e. The van der Waals surface area contributed by atoms with Gasteiger partial charge in [-0.25, -0.2) is 4.79 Å². The first kappa shape index (κ1) is 10.1. The summed E-state index contributed by atoms with van der Waals surface area (Å²) in [5.74, 6) is -0.724. The summed E-state index contributed by atoms with van der Waals surface area (Å²) >= 11 is 0. The zero-order valence-corrected chi connectivity index (χ0v) is 7.61. The molecule has 1 rings (SSSR count). The van der Waals surface area contributed by atoms with Crippen LogP contribution in [-0.2, 0) is 23.8 Å². The van der Waals surface area contributed by atoms with Crippen LogP contribution in [0.4, 0.5) is 0 Å². The second kappa shape index (κ2) is 4.34. The van der Waals surface area contributed by atoms with Crippen LogP contribution >= 0.6 is 0 Å². The molecule has 0 aromatic heterocycles. The van der Waals surface area contributed by atoms with Crippen molar-refractivity contribution >= 4 is 11.8 Å². The molecule has 1 saturated heterocycles. The van der Waals surface area contributed by atoms with Gasteiger partial charge in [-0.3, -0.25) is 4.79 Å². The van der Waals surface area contributed by atoms with Crippen LogP contribution in [0.25, 0.3) is 0 Å². The van der Waals surface area contributed by atoms with Crippen molar-refractivity contribution in [3.8, 4) is 0 Å². The predicted molar refractivity (Wildman–Crippen MR) is 41.9 cm³/mol. The number of rotatable bonds is 3. The fraction of sp³-hybridized carbons (Fsp3) is 0.750. The van der Waals surface area contributed by atoms with Crippen molar-refractivity contribution in [3.63, 3.8) is 0 Å². The predicted octanol–water partition coefficient (Wildman–Crippen LogP) is -0.120. The molecule has 2 atom stereocenters. The molecule has 0 amide bonds. The molecule has 0 unspecified atom stereocenters. The van der Waals surface area contributed by atoms with Gasteiger partial charge >= 0.3 is 5.97 Å². The molecule has 13 heavy (non-hydrogen) atoms. The lowest BCUT2D eigenvalue weighted by Gasteiger charge is -2.07. The third-order valence-electron chi connectivity index (χ3n) is 1.62. The van der Waals surface area contributed by atoms with Gasteiger partial charge in [0, 0.05) is 0 Å². The Bertz CT molecular complexity index is 213. The minimum absolute atomic E-state index is 0.124. The smallest absolute Gasteiger partial charge is 0.363 e. The third-order valence-corrected chi connectivity index (χ3v) is 1.62. The molecule has 0 spiro atoms. The zero-order chi connectivity index (χ0) is 9.84. The molecule has 0 saturated carbocycles. The van der Waals surface area contributed by atoms with Gasteiger partial charge in [0.2, 0.25) is 0 Å². The average molecular weight is 188 g/mol. The Kier molecular flexibility index (Phi) is 3.39. The molecule has 5 heteroatoms. The van der Waals surface area contributed by atoms with Crippen LogP contribution < -0.4 is 0 Å². The fourth-order valence-corrected chi connectivity index (χ4v) is 0.950. The van der Waals surface area contributed by atoms with Gasteiger partial charge in [-0.15, -0.1) is 0 Å². The van der Waals surface area contributed by atoms with E-state index >= 15 is 0 Å². The lowest BCUT2D eigenvalue weighted by Crippen LogP contribution is -2.26. The highest BCUT2D eigenvalue weighted by Crippen LogP contribution is 2.13. The number of Topliss-reactive ketones (excluding diaryl/α,β-unsaturated/α-hetero) is 1. The summed E-state index contributed by atoms with van der Waals surface area (Å²) < 4.78 is 14.6. The lowest BCUT2D eigenvalue weighted by atomic mass is 10.3. The molecule has 74 valence electrons. The van der Waals surface area contributed by atoms with Crippen molar-refractivity contribution < 1.29 is 23.8 Å². The SMILES string of the molecule is CCOC(=O)[C@H]1OC[C@H](C(C)=O)O1. The van der Waals surface area contributed by atoms with E-state index in [0.29, 0.717) is 0 Å². The zero-order valence-electron chi connectivity index (χ0n) is 7.61. The number of ether oxygens (including phenoxy) is 3. The maximum Gasteiger partial charge on any atom is 0.363 e. The Labute approximate surface area is 76.0 Å². The summed E-state index contributed by atoms with van der Waals surface area (Å²) in [5, 5.41) is 0. The summed E-state index contributed by atoms with van der Waals surface area (Å²) in [6.45, 7) is 3.47. The summed E-state index contributed by atoms with van der Waals surface area (Å²) in [5.41, 5.74) is 0. The molecule has 5 nitrogen and oxygen atoms in total. The Morgan fingerprint density at radius 1 is 1.54 bits per heavy atom. The molecule has 1 aliphatic rings. The van der Waals surface area contributed by atoms with E-state index in [-0.39, 0.29) is 19.0 Å². The molecule has 0 aromatic carbocycles. The maximum atomic E-state index is 11.0. The summed E-state index contributed by atoms with van der Waals surface area (Å²) in [7, 11) is 0. The van der Waals surface area contributed by atoms with E-state index in [2.05, 4.69) is 4.74 Å². The van der Waals surface area contributed by atoms with Gasteiger partial charge in [-0.2, -0.15) is 0 Å². The molecule has 1 heterocycles. The highest BCUT2D eigenvalue weighted by Gasteiger charge is 2.34. The third kappa shape index (κ3) is 2.50. The van der Waals surface area contributed by atoms with Gasteiger partial charge in [-0.05, 0) is 13.8 Å². The number of hydrogen-bond acceptors (Lipinski definition) is 5. The number of ketones is 1. The Morgan fingerprint density at radius 3 is 2.69 bits per heavy atom. The van der Waals surface area contributed by atoms with E-state index in [1.54, 1.807) is 6.92 Å². The standard InChI is InChI=1S/C8H12O5/c1-3-11-7(10)8-12-4-6(13-8)5(2)9/h6,8H,3-4H2,1-2H3/t6-,8+/m1/s1. The first-order valence-electron chi connectivity index (χ1n) is 4.09. The molecule has 0 aromatic rings. The molecule has 0 aliphatic carbocycles. The Balaban J connectivity index is 2.40. The van der Waals surface area contributed by atoms with Gasteiger partial charge < -0.3 is 14.2 Å². The van der Waals surface area contributed by atoms with Gasteiger partial charge in [0.05, 0.1) is 13.2 Å². The van der Waals surface area contributed by atoms with E-state index in [1.165, 1.54) is 6.92 Å². The van der Waals surface area contributed by atoms with Gasteiger partial charge in [-0.1, -0.05) is 0 Å². The first-order chi connectivity index (χ1) is 6.15. The van der Waals surface area contributed by atoms with Gasteiger partial charge in [0.1, 0.15) is 6.10 Å². The minimum atomic E-state index is -1.03. The molecule has 0 N–H and O–H groups in total. The average Bonchev–Trinajstić information content (AvgIpc) is 2.52. The van der Waals surface area contributed by atoms with Crippen LogP contribution in [0.2, 0.25) is 0 Å². The summed E-state index contributed by atoms with van der Waals surface area (Å²) in [6.07, 6.45) is -1.66. The molecule has 1 fully saturated rings. The molecule has 0 radical (unpaired) electrons. The summed E-state index contributed by atoms with van der Waals surface area (Å²) in [6, 6.07) is 0. The van der Waals surface area contributed by atoms with E-state index in [9.17, 15) is 9.59 Å². The number of hydrogen-bond donors (Lipinski definition) is 0. The fourth-order valence-electron chi connectivity index (χ4n) is 0.950. The van der Waals surface area contributed by atoms with Crippen molar-refractivity contribution in [3.05, 3.63) is 0 Å². The Morgan fingerprint density at radius 2 is 2.23 bits per heavy atom. The lowest BCUT2D eigenvalue weighted by molar-refractivity contribution is -0.174. The first-order valence-corrected chi connectivity index (χ1v) is 4.09. The number of esters is 1. The van der Waals surface area contributed by atoms with E-state index in [0.717, 1.165) is 0 Å².